The van der Waals surface area contributed by atoms with Crippen molar-refractivity contribution in [2.75, 3.05) is 31.1 Å². The minimum atomic E-state index is -3.71. The minimum Gasteiger partial charge on any atom is -0.345 e. The van der Waals surface area contributed by atoms with Crippen molar-refractivity contribution < 1.29 is 23.3 Å². The van der Waals surface area contributed by atoms with Gasteiger partial charge in [-0.05, 0) is 12.2 Å². The Bertz CT molecular complexity index is 901. The van der Waals surface area contributed by atoms with Gasteiger partial charge in [0.05, 0.1) is 11.1 Å². The fraction of sp³-hybridized carbons (Fsp3) is 0.429. The van der Waals surface area contributed by atoms with Gasteiger partial charge in [0.25, 0.3) is 5.91 Å². The zero-order valence-corrected chi connectivity index (χ0v) is 15.6. The smallest absolute Gasteiger partial charge is 0.286 e. The number of hydrogen-bond acceptors (Lipinski definition) is 9. The molecule has 1 aromatic rings. The number of thiazole rings is 1. The van der Waals surface area contributed by atoms with E-state index in [9.17, 15) is 23.3 Å². The van der Waals surface area contributed by atoms with Crippen LogP contribution in [0.1, 0.15) is 16.1 Å². The van der Waals surface area contributed by atoms with Crippen LogP contribution >= 0.6 is 11.3 Å². The van der Waals surface area contributed by atoms with Gasteiger partial charge in [0.15, 0.2) is 5.13 Å². The molecule has 3 rings (SSSR count). The number of piperazine rings is 1. The number of allylic oxidation sites excluding steroid dienone is 1. The van der Waals surface area contributed by atoms with Crippen LogP contribution in [0.5, 0.6) is 0 Å². The molecular weight excluding hydrogens is 398 g/mol. The average molecular weight is 415 g/mol. The van der Waals surface area contributed by atoms with Crippen LogP contribution in [0.25, 0.3) is 0 Å². The van der Waals surface area contributed by atoms with Gasteiger partial charge in [-0.15, -0.1) is 0 Å². The second-order valence-corrected chi connectivity index (χ2v) is 8.84. The number of rotatable bonds is 5. The molecule has 27 heavy (non-hydrogen) atoms. The van der Waals surface area contributed by atoms with Crippen LogP contribution < -0.4 is 10.4 Å². The summed E-state index contributed by atoms with van der Waals surface area (Å²) in [6.45, 7) is 1.24. The van der Waals surface area contributed by atoms with Crippen molar-refractivity contribution in [3.8, 4) is 0 Å². The summed E-state index contributed by atoms with van der Waals surface area (Å²) in [6, 6.07) is -0.893. The number of anilines is 1. The molecule has 2 N–H and O–H groups in total. The van der Waals surface area contributed by atoms with Crippen LogP contribution in [-0.2, 0) is 10.0 Å². The van der Waals surface area contributed by atoms with Crippen LogP contribution in [0.3, 0.4) is 0 Å². The number of nitrogens with one attached hydrogen (secondary N) is 1. The lowest BCUT2D eigenvalue weighted by Gasteiger charge is -2.34. The fourth-order valence-electron chi connectivity index (χ4n) is 2.78. The second-order valence-electron chi connectivity index (χ2n) is 5.89. The lowest BCUT2D eigenvalue weighted by atomic mass is 10.1. The SMILES string of the molecule is O=C(NO)c1cnc(N2CCN(S(=O)(=O)C3=CCC([N+](=O)[O-])C=C3)CC2)s1. The number of nitrogens with zero attached hydrogens (tertiary/aromatic N) is 4. The molecule has 13 heteroatoms. The Balaban J connectivity index is 1.63. The van der Waals surface area contributed by atoms with E-state index in [1.165, 1.54) is 28.7 Å². The van der Waals surface area contributed by atoms with Gasteiger partial charge in [0.2, 0.25) is 16.1 Å². The first kappa shape index (κ1) is 19.4. The number of nitro groups is 1. The highest BCUT2D eigenvalue weighted by Gasteiger charge is 2.32. The quantitative estimate of drug-likeness (QED) is 0.394. The summed E-state index contributed by atoms with van der Waals surface area (Å²) in [5.41, 5.74) is 1.54. The summed E-state index contributed by atoms with van der Waals surface area (Å²) in [4.78, 5) is 28.0. The largest absolute Gasteiger partial charge is 0.345 e. The Kier molecular flexibility index (Phi) is 5.55. The van der Waals surface area contributed by atoms with Gasteiger partial charge < -0.3 is 4.90 Å². The van der Waals surface area contributed by atoms with Crippen LogP contribution in [-0.4, -0.2) is 66.0 Å². The summed E-state index contributed by atoms with van der Waals surface area (Å²) in [7, 11) is -3.71. The summed E-state index contributed by atoms with van der Waals surface area (Å²) >= 11 is 1.10. The summed E-state index contributed by atoms with van der Waals surface area (Å²) in [5.74, 6) is -0.649. The van der Waals surface area contributed by atoms with E-state index in [0.717, 1.165) is 11.3 Å². The normalized spacial score (nSPS) is 21.0. The number of sulfonamides is 1. The van der Waals surface area contributed by atoms with Gasteiger partial charge in [-0.1, -0.05) is 17.4 Å². The van der Waals surface area contributed by atoms with E-state index in [1.54, 1.807) is 5.48 Å². The molecule has 0 radical (unpaired) electrons. The van der Waals surface area contributed by atoms with Crippen molar-refractivity contribution >= 4 is 32.4 Å². The Hall–Kier alpha value is -2.35. The van der Waals surface area contributed by atoms with Crippen LogP contribution in [0.2, 0.25) is 0 Å². The van der Waals surface area contributed by atoms with Gasteiger partial charge in [0.1, 0.15) is 4.88 Å². The molecular formula is C14H17N5O6S2. The molecule has 146 valence electrons. The van der Waals surface area contributed by atoms with Gasteiger partial charge in [-0.2, -0.15) is 4.31 Å². The molecule has 1 amide bonds. The Morgan fingerprint density at radius 3 is 2.63 bits per heavy atom. The molecule has 1 atom stereocenters. The molecule has 1 aliphatic carbocycles. The number of aromatic nitrogens is 1. The molecule has 1 fully saturated rings. The maximum Gasteiger partial charge on any atom is 0.286 e. The summed E-state index contributed by atoms with van der Waals surface area (Å²) in [6.07, 6.45) is 5.37. The highest BCUT2D eigenvalue weighted by atomic mass is 32.2. The van der Waals surface area contributed by atoms with E-state index in [-0.39, 0.29) is 29.3 Å². The minimum absolute atomic E-state index is 0.0485. The molecule has 0 spiro atoms. The molecule has 1 unspecified atom stereocenters. The second kappa shape index (κ2) is 7.72. The molecule has 0 saturated carbocycles. The van der Waals surface area contributed by atoms with Crippen molar-refractivity contribution in [1.29, 1.82) is 0 Å². The highest BCUT2D eigenvalue weighted by molar-refractivity contribution is 7.93. The number of amides is 1. The van der Waals surface area contributed by atoms with E-state index in [2.05, 4.69) is 4.98 Å². The van der Waals surface area contributed by atoms with Crippen molar-refractivity contribution in [3.63, 3.8) is 0 Å². The molecule has 2 heterocycles. The van der Waals surface area contributed by atoms with E-state index in [4.69, 9.17) is 5.21 Å². The lowest BCUT2D eigenvalue weighted by molar-refractivity contribution is -0.508. The third-order valence-electron chi connectivity index (χ3n) is 4.28. The third kappa shape index (κ3) is 4.00. The molecule has 11 nitrogen and oxygen atoms in total. The van der Waals surface area contributed by atoms with Crippen molar-refractivity contribution in [2.45, 2.75) is 12.5 Å². The lowest BCUT2D eigenvalue weighted by Crippen LogP contribution is -2.49. The Morgan fingerprint density at radius 1 is 1.37 bits per heavy atom. The van der Waals surface area contributed by atoms with Crippen LogP contribution in [0.15, 0.2) is 29.3 Å². The summed E-state index contributed by atoms with van der Waals surface area (Å²) in [5, 5.41) is 20.0. The molecule has 0 bridgehead atoms. The average Bonchev–Trinajstić information content (AvgIpc) is 3.17. The van der Waals surface area contributed by atoms with Crippen molar-refractivity contribution in [3.05, 3.63) is 44.3 Å². The van der Waals surface area contributed by atoms with Crippen molar-refractivity contribution in [1.82, 2.24) is 14.8 Å². The molecule has 1 aliphatic heterocycles. The number of carbonyl (C=O) groups is 1. The topological polar surface area (TPSA) is 146 Å². The van der Waals surface area contributed by atoms with E-state index in [1.807, 2.05) is 4.90 Å². The van der Waals surface area contributed by atoms with Crippen LogP contribution in [0.4, 0.5) is 5.13 Å². The summed E-state index contributed by atoms with van der Waals surface area (Å²) < 4.78 is 26.8. The van der Waals surface area contributed by atoms with Gasteiger partial charge >= 0.3 is 0 Å². The third-order valence-corrected chi connectivity index (χ3v) is 7.28. The van der Waals surface area contributed by atoms with E-state index in [0.29, 0.717) is 18.2 Å². The zero-order chi connectivity index (χ0) is 19.6. The van der Waals surface area contributed by atoms with E-state index < -0.39 is 26.9 Å². The molecule has 1 saturated heterocycles. The van der Waals surface area contributed by atoms with Gasteiger partial charge in [0, 0.05) is 37.5 Å². The number of hydroxylamine groups is 1. The van der Waals surface area contributed by atoms with E-state index >= 15 is 0 Å². The zero-order valence-electron chi connectivity index (χ0n) is 14.0. The first-order chi connectivity index (χ1) is 12.8. The van der Waals surface area contributed by atoms with Gasteiger partial charge in [-0.25, -0.2) is 18.9 Å². The fourth-order valence-corrected chi connectivity index (χ4v) is 5.13. The Labute approximate surface area is 158 Å². The van der Waals surface area contributed by atoms with Crippen molar-refractivity contribution in [2.24, 2.45) is 0 Å². The first-order valence-corrected chi connectivity index (χ1v) is 10.3. The number of hydrogen-bond donors (Lipinski definition) is 2. The predicted molar refractivity (Wildman–Crippen MR) is 96.7 cm³/mol. The van der Waals surface area contributed by atoms with Crippen LogP contribution in [0, 0.1) is 10.1 Å². The molecule has 2 aliphatic rings. The standard InChI is InChI=1S/C14H17N5O6S2/c20-13(16-21)12-9-15-14(26-12)17-5-7-18(8-6-17)27(24,25)11-3-1-10(2-4-11)19(22)23/h1,3-4,9-10,21H,2,5-8H2,(H,16,20). The highest BCUT2D eigenvalue weighted by Crippen LogP contribution is 2.26. The van der Waals surface area contributed by atoms with Gasteiger partial charge in [-0.3, -0.25) is 20.1 Å². The first-order valence-electron chi connectivity index (χ1n) is 8.00. The maximum atomic E-state index is 12.7. The Morgan fingerprint density at radius 2 is 2.07 bits per heavy atom. The number of carbonyl (C=O) groups excluding carboxylic acids is 1. The molecule has 0 aromatic carbocycles. The molecule has 1 aromatic heterocycles. The predicted octanol–water partition coefficient (Wildman–Crippen LogP) is 0.203. The maximum absolute atomic E-state index is 12.7. The monoisotopic (exact) mass is 415 g/mol.